The maximum atomic E-state index is 10.9. The topological polar surface area (TPSA) is 49.4 Å². The molecule has 0 amide bonds. The molecule has 0 aliphatic rings. The van der Waals surface area contributed by atoms with Gasteiger partial charge in [0, 0.05) is 6.42 Å². The molecule has 0 unspecified atom stereocenters. The molecular weight excluding hydrogens is 156 g/mol. The van der Waals surface area contributed by atoms with Gasteiger partial charge >= 0.3 is 5.97 Å². The van der Waals surface area contributed by atoms with E-state index < -0.39 is 0 Å². The van der Waals surface area contributed by atoms with Crippen LogP contribution in [0.25, 0.3) is 0 Å². The first-order valence-electron chi connectivity index (χ1n) is 4.55. The maximum Gasteiger partial charge on any atom is 0.305 e. The summed E-state index contributed by atoms with van der Waals surface area (Å²) in [6, 6.07) is 0. The van der Waals surface area contributed by atoms with E-state index in [4.69, 9.17) is 4.74 Å². The minimum Gasteiger partial charge on any atom is -0.854 e. The molecule has 0 aromatic heterocycles. The molecule has 0 aliphatic heterocycles. The first-order chi connectivity index (χ1) is 5.81. The Bertz CT molecular complexity index is 100. The molecule has 0 aromatic rings. The highest BCUT2D eigenvalue weighted by Gasteiger charge is 1.99. The van der Waals surface area contributed by atoms with Gasteiger partial charge in [-0.2, -0.15) is 0 Å². The van der Waals surface area contributed by atoms with E-state index in [-0.39, 0.29) is 12.6 Å². The summed E-state index contributed by atoms with van der Waals surface area (Å²) in [5, 5.41) is 10.0. The Balaban J connectivity index is 3.10. The molecule has 3 heteroatoms. The van der Waals surface area contributed by atoms with Crippen molar-refractivity contribution in [3.63, 3.8) is 0 Å². The quantitative estimate of drug-likeness (QED) is 0.424. The molecule has 72 valence electrons. The highest BCUT2D eigenvalue weighted by atomic mass is 16.5. The predicted molar refractivity (Wildman–Crippen MR) is 44.6 cm³/mol. The average Bonchev–Trinajstić information content (AvgIpc) is 2.06. The number of carbonyl (C=O) groups is 1. The van der Waals surface area contributed by atoms with Gasteiger partial charge in [0.2, 0.25) is 0 Å². The van der Waals surface area contributed by atoms with E-state index in [0.717, 1.165) is 12.8 Å². The lowest BCUT2D eigenvalue weighted by molar-refractivity contribution is -0.368. The number of hydrogen-bond donors (Lipinski definition) is 0. The fraction of sp³-hybridized carbons (Fsp3) is 0.889. The third-order valence-electron chi connectivity index (χ3n) is 1.54. The van der Waals surface area contributed by atoms with Gasteiger partial charge in [-0.25, -0.2) is 0 Å². The van der Waals surface area contributed by atoms with Crippen LogP contribution in [0.4, 0.5) is 0 Å². The van der Waals surface area contributed by atoms with Gasteiger partial charge in [0.25, 0.3) is 0 Å². The van der Waals surface area contributed by atoms with E-state index in [1.54, 1.807) is 0 Å². The van der Waals surface area contributed by atoms with Gasteiger partial charge in [0.1, 0.15) is 0 Å². The van der Waals surface area contributed by atoms with E-state index in [2.05, 4.69) is 0 Å². The van der Waals surface area contributed by atoms with Crippen molar-refractivity contribution >= 4 is 5.97 Å². The summed E-state index contributed by atoms with van der Waals surface area (Å²) in [4.78, 5) is 10.9. The number of carbonyl (C=O) groups excluding carboxylic acids is 1. The largest absolute Gasteiger partial charge is 0.854 e. The van der Waals surface area contributed by atoms with Crippen LogP contribution < -0.4 is 5.11 Å². The maximum absolute atomic E-state index is 10.9. The summed E-state index contributed by atoms with van der Waals surface area (Å²) in [6.45, 7) is 2.47. The molecule has 0 radical (unpaired) electrons. The second-order valence-electron chi connectivity index (χ2n) is 2.74. The van der Waals surface area contributed by atoms with Crippen molar-refractivity contribution in [2.75, 3.05) is 13.2 Å². The van der Waals surface area contributed by atoms with Crippen LogP contribution in [-0.4, -0.2) is 19.2 Å². The zero-order chi connectivity index (χ0) is 9.23. The SMILES string of the molecule is CCCCOC(=O)CCCC[O-]. The van der Waals surface area contributed by atoms with Crippen molar-refractivity contribution in [1.29, 1.82) is 0 Å². The molecular formula is C9H17O3-. The summed E-state index contributed by atoms with van der Waals surface area (Å²) in [7, 11) is 0. The molecule has 0 fully saturated rings. The normalized spacial score (nSPS) is 9.83. The second-order valence-corrected chi connectivity index (χ2v) is 2.74. The van der Waals surface area contributed by atoms with Crippen LogP contribution in [0.3, 0.4) is 0 Å². The lowest BCUT2D eigenvalue weighted by Gasteiger charge is -2.04. The van der Waals surface area contributed by atoms with E-state index in [1.807, 2.05) is 6.92 Å². The number of esters is 1. The summed E-state index contributed by atoms with van der Waals surface area (Å²) < 4.78 is 4.89. The van der Waals surface area contributed by atoms with E-state index >= 15 is 0 Å². The minimum absolute atomic E-state index is 0.0950. The van der Waals surface area contributed by atoms with Gasteiger partial charge in [-0.05, 0) is 12.8 Å². The second kappa shape index (κ2) is 8.53. The molecule has 0 bridgehead atoms. The number of ether oxygens (including phenoxy) is 1. The van der Waals surface area contributed by atoms with Gasteiger partial charge in [-0.15, -0.1) is 6.61 Å². The van der Waals surface area contributed by atoms with Crippen molar-refractivity contribution in [3.05, 3.63) is 0 Å². The van der Waals surface area contributed by atoms with E-state index in [9.17, 15) is 9.90 Å². The highest BCUT2D eigenvalue weighted by molar-refractivity contribution is 5.69. The number of unbranched alkanes of at least 4 members (excludes halogenated alkanes) is 2. The monoisotopic (exact) mass is 173 g/mol. The molecule has 0 saturated heterocycles. The molecule has 0 N–H and O–H groups in total. The lowest BCUT2D eigenvalue weighted by atomic mass is 10.2. The third kappa shape index (κ3) is 7.54. The Morgan fingerprint density at radius 1 is 1.33 bits per heavy atom. The Labute approximate surface area is 73.7 Å². The Hall–Kier alpha value is -0.570. The van der Waals surface area contributed by atoms with Crippen LogP contribution in [0, 0.1) is 0 Å². The zero-order valence-corrected chi connectivity index (χ0v) is 7.67. The molecule has 12 heavy (non-hydrogen) atoms. The van der Waals surface area contributed by atoms with Crippen molar-refractivity contribution in [2.24, 2.45) is 0 Å². The van der Waals surface area contributed by atoms with Gasteiger partial charge in [0.05, 0.1) is 6.61 Å². The Morgan fingerprint density at radius 2 is 2.08 bits per heavy atom. The van der Waals surface area contributed by atoms with Crippen molar-refractivity contribution in [3.8, 4) is 0 Å². The van der Waals surface area contributed by atoms with Crippen LogP contribution in [0.15, 0.2) is 0 Å². The van der Waals surface area contributed by atoms with Gasteiger partial charge in [-0.1, -0.05) is 19.8 Å². The Kier molecular flexibility index (Phi) is 8.12. The Morgan fingerprint density at radius 3 is 2.67 bits per heavy atom. The first kappa shape index (κ1) is 11.4. The van der Waals surface area contributed by atoms with E-state index in [0.29, 0.717) is 25.9 Å². The molecule has 0 rings (SSSR count). The molecule has 0 spiro atoms. The summed E-state index contributed by atoms with van der Waals surface area (Å²) in [5.74, 6) is -0.170. The first-order valence-corrected chi connectivity index (χ1v) is 4.55. The smallest absolute Gasteiger partial charge is 0.305 e. The van der Waals surface area contributed by atoms with Crippen molar-refractivity contribution < 1.29 is 14.6 Å². The molecule has 3 nitrogen and oxygen atoms in total. The average molecular weight is 173 g/mol. The summed E-state index contributed by atoms with van der Waals surface area (Å²) >= 11 is 0. The van der Waals surface area contributed by atoms with Gasteiger partial charge in [-0.3, -0.25) is 4.79 Å². The van der Waals surface area contributed by atoms with E-state index in [1.165, 1.54) is 0 Å². The fourth-order valence-electron chi connectivity index (χ4n) is 0.774. The summed E-state index contributed by atoms with van der Waals surface area (Å²) in [6.07, 6.45) is 3.59. The molecule has 0 heterocycles. The number of hydrogen-bond acceptors (Lipinski definition) is 3. The zero-order valence-electron chi connectivity index (χ0n) is 7.67. The molecule has 0 saturated carbocycles. The van der Waals surface area contributed by atoms with Crippen LogP contribution in [0.5, 0.6) is 0 Å². The molecule has 0 aromatic carbocycles. The predicted octanol–water partition coefficient (Wildman–Crippen LogP) is 0.860. The molecule has 0 aliphatic carbocycles. The number of rotatable bonds is 7. The van der Waals surface area contributed by atoms with Crippen LogP contribution >= 0.6 is 0 Å². The summed E-state index contributed by atoms with van der Waals surface area (Å²) in [5.41, 5.74) is 0. The van der Waals surface area contributed by atoms with Crippen molar-refractivity contribution in [1.82, 2.24) is 0 Å². The standard InChI is InChI=1S/C9H17O3/c1-2-3-8-12-9(11)6-4-5-7-10/h2-8H2,1H3/q-1. The molecule has 0 atom stereocenters. The van der Waals surface area contributed by atoms with Gasteiger partial charge < -0.3 is 9.84 Å². The fourth-order valence-corrected chi connectivity index (χ4v) is 0.774. The van der Waals surface area contributed by atoms with Gasteiger partial charge in [0.15, 0.2) is 0 Å². The third-order valence-corrected chi connectivity index (χ3v) is 1.54. The lowest BCUT2D eigenvalue weighted by Crippen LogP contribution is -2.08. The minimum atomic E-state index is -0.170. The van der Waals surface area contributed by atoms with Crippen molar-refractivity contribution in [2.45, 2.75) is 39.0 Å². The van der Waals surface area contributed by atoms with Crippen LogP contribution in [-0.2, 0) is 9.53 Å². The van der Waals surface area contributed by atoms with Crippen LogP contribution in [0.1, 0.15) is 39.0 Å². The van der Waals surface area contributed by atoms with Crippen LogP contribution in [0.2, 0.25) is 0 Å². The highest BCUT2D eigenvalue weighted by Crippen LogP contribution is 1.97.